The van der Waals surface area contributed by atoms with Gasteiger partial charge in [-0.1, -0.05) is 26.3 Å². The summed E-state index contributed by atoms with van der Waals surface area (Å²) in [6.07, 6.45) is 7.15. The van der Waals surface area contributed by atoms with Crippen molar-refractivity contribution in [2.75, 3.05) is 13.1 Å². The molecule has 0 aliphatic heterocycles. The highest BCUT2D eigenvalue weighted by Crippen LogP contribution is 2.09. The summed E-state index contributed by atoms with van der Waals surface area (Å²) in [6.45, 7) is 12.9. The fraction of sp³-hybridized carbons (Fsp3) is 0.833. The van der Waals surface area contributed by atoms with Crippen molar-refractivity contribution in [3.05, 3.63) is 12.7 Å². The second-order valence-electron chi connectivity index (χ2n) is 3.64. The summed E-state index contributed by atoms with van der Waals surface area (Å²) in [5.74, 6) is 0. The van der Waals surface area contributed by atoms with Crippen LogP contribution in [0.25, 0.3) is 0 Å². The Balaban J connectivity index is 3.47. The minimum atomic E-state index is 0.750. The van der Waals surface area contributed by atoms with E-state index in [4.69, 9.17) is 0 Å². The van der Waals surface area contributed by atoms with E-state index < -0.39 is 0 Å². The Morgan fingerprint density at radius 1 is 1.23 bits per heavy atom. The number of allylic oxidation sites excluding steroid dienone is 1. The molecule has 0 radical (unpaired) electrons. The van der Waals surface area contributed by atoms with Gasteiger partial charge in [0.15, 0.2) is 0 Å². The third-order valence-corrected chi connectivity index (χ3v) is 2.72. The van der Waals surface area contributed by atoms with Crippen molar-refractivity contribution in [1.29, 1.82) is 0 Å². The van der Waals surface area contributed by atoms with E-state index in [1.54, 1.807) is 0 Å². The minimum absolute atomic E-state index is 0.750. The number of rotatable bonds is 8. The van der Waals surface area contributed by atoms with Crippen LogP contribution in [0, 0.1) is 0 Å². The fourth-order valence-corrected chi connectivity index (χ4v) is 1.76. The van der Waals surface area contributed by atoms with E-state index in [2.05, 4.69) is 32.3 Å². The summed E-state index contributed by atoms with van der Waals surface area (Å²) in [5, 5.41) is 0. The highest BCUT2D eigenvalue weighted by Gasteiger charge is 2.08. The van der Waals surface area contributed by atoms with Crippen molar-refractivity contribution in [2.24, 2.45) is 0 Å². The molecule has 0 aromatic heterocycles. The Bertz CT molecular complexity index is 116. The topological polar surface area (TPSA) is 3.24 Å². The highest BCUT2D eigenvalue weighted by atomic mass is 15.1. The molecule has 0 bridgehead atoms. The zero-order chi connectivity index (χ0) is 10.1. The smallest absolute Gasteiger partial charge is 0.00666 e. The molecule has 1 nitrogen and oxygen atoms in total. The van der Waals surface area contributed by atoms with Crippen LogP contribution in [0.1, 0.15) is 46.5 Å². The first-order chi connectivity index (χ1) is 6.26. The quantitative estimate of drug-likeness (QED) is 0.411. The number of hydrogen-bond donors (Lipinski definition) is 0. The lowest BCUT2D eigenvalue weighted by atomic mass is 10.1. The average Bonchev–Trinajstić information content (AvgIpc) is 2.14. The van der Waals surface area contributed by atoms with Crippen molar-refractivity contribution in [3.63, 3.8) is 0 Å². The normalized spacial score (nSPS) is 13.2. The molecule has 0 spiro atoms. The van der Waals surface area contributed by atoms with E-state index in [9.17, 15) is 0 Å². The van der Waals surface area contributed by atoms with E-state index >= 15 is 0 Å². The largest absolute Gasteiger partial charge is 0.301 e. The second-order valence-corrected chi connectivity index (χ2v) is 3.64. The molecule has 1 heteroatoms. The van der Waals surface area contributed by atoms with Crippen LogP contribution < -0.4 is 0 Å². The van der Waals surface area contributed by atoms with Crippen LogP contribution in [0.2, 0.25) is 0 Å². The maximum atomic E-state index is 3.73. The molecular weight excluding hydrogens is 158 g/mol. The lowest BCUT2D eigenvalue weighted by molar-refractivity contribution is 0.217. The van der Waals surface area contributed by atoms with Gasteiger partial charge in [0, 0.05) is 6.04 Å². The van der Waals surface area contributed by atoms with Crippen LogP contribution in [0.3, 0.4) is 0 Å². The Morgan fingerprint density at radius 3 is 2.31 bits per heavy atom. The van der Waals surface area contributed by atoms with Crippen LogP contribution >= 0.6 is 0 Å². The first-order valence-electron chi connectivity index (χ1n) is 5.61. The Labute approximate surface area is 83.8 Å². The van der Waals surface area contributed by atoms with Gasteiger partial charge in [-0.3, -0.25) is 0 Å². The van der Waals surface area contributed by atoms with Gasteiger partial charge >= 0.3 is 0 Å². The van der Waals surface area contributed by atoms with Crippen LogP contribution in [-0.2, 0) is 0 Å². The average molecular weight is 183 g/mol. The van der Waals surface area contributed by atoms with Gasteiger partial charge in [0.2, 0.25) is 0 Å². The molecule has 0 saturated carbocycles. The number of hydrogen-bond acceptors (Lipinski definition) is 1. The van der Waals surface area contributed by atoms with E-state index in [1.807, 2.05) is 6.08 Å². The van der Waals surface area contributed by atoms with Gasteiger partial charge in [-0.15, -0.1) is 6.58 Å². The molecule has 78 valence electrons. The van der Waals surface area contributed by atoms with Gasteiger partial charge in [-0.25, -0.2) is 0 Å². The molecule has 0 aromatic rings. The Morgan fingerprint density at radius 2 is 1.85 bits per heavy atom. The number of unbranched alkanes of at least 4 members (excludes halogenated alkanes) is 2. The lowest BCUT2D eigenvalue weighted by Crippen LogP contribution is -2.32. The molecule has 0 amide bonds. The van der Waals surface area contributed by atoms with Gasteiger partial charge < -0.3 is 4.90 Å². The molecule has 13 heavy (non-hydrogen) atoms. The summed E-state index contributed by atoms with van der Waals surface area (Å²) in [7, 11) is 0. The van der Waals surface area contributed by atoms with Gasteiger partial charge in [0.1, 0.15) is 0 Å². The molecule has 1 atom stereocenters. The van der Waals surface area contributed by atoms with Crippen molar-refractivity contribution in [1.82, 2.24) is 4.90 Å². The van der Waals surface area contributed by atoms with E-state index in [0.717, 1.165) is 6.04 Å². The zero-order valence-corrected chi connectivity index (χ0v) is 9.55. The Hall–Kier alpha value is -0.300. The van der Waals surface area contributed by atoms with Crippen molar-refractivity contribution in [2.45, 2.75) is 52.5 Å². The predicted octanol–water partition coefficient (Wildman–Crippen LogP) is 3.46. The summed E-state index contributed by atoms with van der Waals surface area (Å²) >= 11 is 0. The molecule has 0 N–H and O–H groups in total. The summed E-state index contributed by atoms with van der Waals surface area (Å²) in [4.78, 5) is 2.52. The van der Waals surface area contributed by atoms with Crippen LogP contribution in [0.15, 0.2) is 12.7 Å². The molecule has 0 fully saturated rings. The van der Waals surface area contributed by atoms with E-state index in [1.165, 1.54) is 38.8 Å². The predicted molar refractivity (Wildman–Crippen MR) is 61.0 cm³/mol. The lowest BCUT2D eigenvalue weighted by Gasteiger charge is -2.26. The third kappa shape index (κ3) is 5.87. The highest BCUT2D eigenvalue weighted by molar-refractivity contribution is 4.68. The summed E-state index contributed by atoms with van der Waals surface area (Å²) in [6, 6.07) is 0.750. The SMILES string of the molecule is C=CCCCCC(C)N(CC)CC. The summed E-state index contributed by atoms with van der Waals surface area (Å²) < 4.78 is 0. The third-order valence-electron chi connectivity index (χ3n) is 2.72. The van der Waals surface area contributed by atoms with Crippen molar-refractivity contribution in [3.8, 4) is 0 Å². The molecular formula is C12H25N. The van der Waals surface area contributed by atoms with Crippen molar-refractivity contribution >= 4 is 0 Å². The first-order valence-corrected chi connectivity index (χ1v) is 5.61. The Kier molecular flexibility index (Phi) is 8.11. The van der Waals surface area contributed by atoms with E-state index in [-0.39, 0.29) is 0 Å². The molecule has 0 saturated heterocycles. The van der Waals surface area contributed by atoms with Gasteiger partial charge in [0.25, 0.3) is 0 Å². The van der Waals surface area contributed by atoms with Crippen LogP contribution in [-0.4, -0.2) is 24.0 Å². The summed E-state index contributed by atoms with van der Waals surface area (Å²) in [5.41, 5.74) is 0. The minimum Gasteiger partial charge on any atom is -0.301 e. The van der Waals surface area contributed by atoms with Crippen LogP contribution in [0.5, 0.6) is 0 Å². The molecule has 0 rings (SSSR count). The molecule has 1 unspecified atom stereocenters. The standard InChI is InChI=1S/C12H25N/c1-5-8-9-10-11-12(4)13(6-2)7-3/h5,12H,1,6-11H2,2-4H3. The van der Waals surface area contributed by atoms with E-state index in [0.29, 0.717) is 0 Å². The second kappa shape index (κ2) is 8.31. The molecule has 0 heterocycles. The maximum absolute atomic E-state index is 3.73. The molecule has 0 aliphatic rings. The van der Waals surface area contributed by atoms with Crippen molar-refractivity contribution < 1.29 is 0 Å². The molecule has 0 aliphatic carbocycles. The molecule has 0 aromatic carbocycles. The monoisotopic (exact) mass is 183 g/mol. The maximum Gasteiger partial charge on any atom is 0.00666 e. The van der Waals surface area contributed by atoms with Gasteiger partial charge in [-0.05, 0) is 39.3 Å². The first kappa shape index (κ1) is 12.7. The zero-order valence-electron chi connectivity index (χ0n) is 9.55. The fourth-order valence-electron chi connectivity index (χ4n) is 1.76. The van der Waals surface area contributed by atoms with Gasteiger partial charge in [-0.2, -0.15) is 0 Å². The van der Waals surface area contributed by atoms with Crippen LogP contribution in [0.4, 0.5) is 0 Å². The number of nitrogens with zero attached hydrogens (tertiary/aromatic N) is 1. The van der Waals surface area contributed by atoms with Gasteiger partial charge in [0.05, 0.1) is 0 Å².